The second kappa shape index (κ2) is 6.51. The van der Waals surface area contributed by atoms with Gasteiger partial charge < -0.3 is 4.90 Å². The summed E-state index contributed by atoms with van der Waals surface area (Å²) in [5.41, 5.74) is 2.52. The lowest BCUT2D eigenvalue weighted by molar-refractivity contribution is 0.666. The molecule has 1 heterocycles. The van der Waals surface area contributed by atoms with Crippen LogP contribution in [-0.2, 0) is 12.8 Å². The normalized spacial score (nSPS) is 14.6. The van der Waals surface area contributed by atoms with Crippen LogP contribution in [0.5, 0.6) is 0 Å². The Morgan fingerprint density at radius 1 is 1.26 bits per heavy atom. The predicted octanol–water partition coefficient (Wildman–Crippen LogP) is 2.87. The molecular weight excluding hydrogens is 236 g/mol. The van der Waals surface area contributed by atoms with E-state index in [9.17, 15) is 0 Å². The standard InChI is InChI=1S/C15H22N4/c1-12(2)19(10-6-9-16)15-13-7-4-3-5-8-14(13)17-11-18-15/h11-12H,3-8,10H2,1-2H3. The minimum Gasteiger partial charge on any atom is -0.353 e. The van der Waals surface area contributed by atoms with Crippen molar-refractivity contribution in [3.63, 3.8) is 0 Å². The van der Waals surface area contributed by atoms with Crippen molar-refractivity contribution in [2.75, 3.05) is 11.4 Å². The number of nitriles is 1. The summed E-state index contributed by atoms with van der Waals surface area (Å²) in [6.45, 7) is 5.06. The average molecular weight is 258 g/mol. The molecule has 0 aliphatic heterocycles. The monoisotopic (exact) mass is 258 g/mol. The van der Waals surface area contributed by atoms with E-state index in [2.05, 4.69) is 34.8 Å². The Labute approximate surface area is 115 Å². The summed E-state index contributed by atoms with van der Waals surface area (Å²) in [5.74, 6) is 1.05. The molecule has 0 aromatic carbocycles. The fourth-order valence-corrected chi connectivity index (χ4v) is 2.71. The van der Waals surface area contributed by atoms with Gasteiger partial charge in [0, 0.05) is 23.8 Å². The molecule has 4 nitrogen and oxygen atoms in total. The van der Waals surface area contributed by atoms with Crippen LogP contribution in [0, 0.1) is 11.3 Å². The minimum absolute atomic E-state index is 0.357. The molecule has 1 aliphatic rings. The van der Waals surface area contributed by atoms with Gasteiger partial charge in [0.1, 0.15) is 12.1 Å². The Morgan fingerprint density at radius 3 is 2.79 bits per heavy atom. The summed E-state index contributed by atoms with van der Waals surface area (Å²) in [6, 6.07) is 2.59. The van der Waals surface area contributed by atoms with Crippen LogP contribution in [0.4, 0.5) is 5.82 Å². The molecule has 0 unspecified atom stereocenters. The molecule has 0 atom stereocenters. The number of hydrogen-bond donors (Lipinski definition) is 0. The first-order valence-corrected chi connectivity index (χ1v) is 7.20. The maximum atomic E-state index is 8.82. The van der Waals surface area contributed by atoms with Gasteiger partial charge in [0.05, 0.1) is 12.5 Å². The SMILES string of the molecule is CC(C)N(CCC#N)c1ncnc2c1CCCCC2. The number of fused-ring (bicyclic) bond motifs is 1. The lowest BCUT2D eigenvalue weighted by Crippen LogP contribution is -2.33. The molecule has 19 heavy (non-hydrogen) atoms. The number of rotatable bonds is 4. The molecule has 102 valence electrons. The third kappa shape index (κ3) is 3.23. The molecule has 0 radical (unpaired) electrons. The highest BCUT2D eigenvalue weighted by Crippen LogP contribution is 2.27. The van der Waals surface area contributed by atoms with Crippen molar-refractivity contribution in [2.24, 2.45) is 0 Å². The van der Waals surface area contributed by atoms with Gasteiger partial charge in [-0.2, -0.15) is 5.26 Å². The molecule has 1 aromatic heterocycles. The number of aryl methyl sites for hydroxylation is 1. The van der Waals surface area contributed by atoms with Crippen LogP contribution in [0.25, 0.3) is 0 Å². The molecule has 4 heteroatoms. The molecule has 0 saturated carbocycles. The van der Waals surface area contributed by atoms with Crippen LogP contribution in [0.15, 0.2) is 6.33 Å². The van der Waals surface area contributed by atoms with Gasteiger partial charge in [-0.3, -0.25) is 0 Å². The third-order valence-corrected chi connectivity index (χ3v) is 3.71. The lowest BCUT2D eigenvalue weighted by Gasteiger charge is -2.29. The lowest BCUT2D eigenvalue weighted by atomic mass is 10.1. The van der Waals surface area contributed by atoms with Crippen LogP contribution in [0.2, 0.25) is 0 Å². The topological polar surface area (TPSA) is 52.8 Å². The van der Waals surface area contributed by atoms with E-state index in [1.165, 1.54) is 30.5 Å². The summed E-state index contributed by atoms with van der Waals surface area (Å²) >= 11 is 0. The second-order valence-electron chi connectivity index (χ2n) is 5.38. The molecule has 0 spiro atoms. The Bertz CT molecular complexity index is 462. The highest BCUT2D eigenvalue weighted by molar-refractivity contribution is 5.50. The quantitative estimate of drug-likeness (QED) is 0.779. The van der Waals surface area contributed by atoms with Gasteiger partial charge in [0.25, 0.3) is 0 Å². The Morgan fingerprint density at radius 2 is 2.05 bits per heavy atom. The van der Waals surface area contributed by atoms with E-state index < -0.39 is 0 Å². The molecule has 0 saturated heterocycles. The molecule has 0 fully saturated rings. The number of anilines is 1. The summed E-state index contributed by atoms with van der Waals surface area (Å²) < 4.78 is 0. The first-order valence-electron chi connectivity index (χ1n) is 7.20. The van der Waals surface area contributed by atoms with E-state index in [0.717, 1.165) is 25.2 Å². The third-order valence-electron chi connectivity index (χ3n) is 3.71. The average Bonchev–Trinajstić information content (AvgIpc) is 2.64. The molecule has 1 aromatic rings. The van der Waals surface area contributed by atoms with Gasteiger partial charge in [-0.25, -0.2) is 9.97 Å². The summed E-state index contributed by atoms with van der Waals surface area (Å²) in [4.78, 5) is 11.2. The van der Waals surface area contributed by atoms with E-state index in [1.807, 2.05) is 0 Å². The first kappa shape index (κ1) is 13.8. The number of nitrogens with zero attached hydrogens (tertiary/aromatic N) is 4. The van der Waals surface area contributed by atoms with Crippen molar-refractivity contribution < 1.29 is 0 Å². The van der Waals surface area contributed by atoms with Crippen LogP contribution in [0.3, 0.4) is 0 Å². The van der Waals surface area contributed by atoms with E-state index in [4.69, 9.17) is 5.26 Å². The predicted molar refractivity (Wildman–Crippen MR) is 76.0 cm³/mol. The Kier molecular flexibility index (Phi) is 4.73. The van der Waals surface area contributed by atoms with Crippen molar-refractivity contribution in [1.29, 1.82) is 5.26 Å². The summed E-state index contributed by atoms with van der Waals surface area (Å²) in [6.07, 6.45) is 8.07. The molecule has 0 amide bonds. The second-order valence-corrected chi connectivity index (χ2v) is 5.38. The fraction of sp³-hybridized carbons (Fsp3) is 0.667. The van der Waals surface area contributed by atoms with Crippen LogP contribution in [0.1, 0.15) is 50.8 Å². The smallest absolute Gasteiger partial charge is 0.135 e. The Hall–Kier alpha value is -1.63. The van der Waals surface area contributed by atoms with E-state index >= 15 is 0 Å². The van der Waals surface area contributed by atoms with Gasteiger partial charge >= 0.3 is 0 Å². The van der Waals surface area contributed by atoms with Gasteiger partial charge in [-0.15, -0.1) is 0 Å². The zero-order valence-corrected chi connectivity index (χ0v) is 11.9. The Balaban J connectivity index is 2.34. The largest absolute Gasteiger partial charge is 0.353 e. The van der Waals surface area contributed by atoms with Gasteiger partial charge in [0.15, 0.2) is 0 Å². The van der Waals surface area contributed by atoms with Gasteiger partial charge in [-0.1, -0.05) is 6.42 Å². The van der Waals surface area contributed by atoms with Crippen LogP contribution < -0.4 is 4.90 Å². The van der Waals surface area contributed by atoms with E-state index in [1.54, 1.807) is 6.33 Å². The van der Waals surface area contributed by atoms with Crippen molar-refractivity contribution in [2.45, 2.75) is 58.4 Å². The van der Waals surface area contributed by atoms with Crippen LogP contribution >= 0.6 is 0 Å². The maximum Gasteiger partial charge on any atom is 0.135 e. The van der Waals surface area contributed by atoms with Crippen molar-refractivity contribution in [1.82, 2.24) is 9.97 Å². The molecule has 2 rings (SSSR count). The van der Waals surface area contributed by atoms with Crippen molar-refractivity contribution in [3.8, 4) is 6.07 Å². The van der Waals surface area contributed by atoms with Gasteiger partial charge in [-0.05, 0) is 39.5 Å². The van der Waals surface area contributed by atoms with E-state index in [0.29, 0.717) is 12.5 Å². The van der Waals surface area contributed by atoms with Crippen molar-refractivity contribution in [3.05, 3.63) is 17.6 Å². The molecule has 0 N–H and O–H groups in total. The zero-order valence-electron chi connectivity index (χ0n) is 11.9. The summed E-state index contributed by atoms with van der Waals surface area (Å²) in [7, 11) is 0. The molecular formula is C15H22N4. The fourth-order valence-electron chi connectivity index (χ4n) is 2.71. The highest BCUT2D eigenvalue weighted by atomic mass is 15.2. The first-order chi connectivity index (χ1) is 9.24. The maximum absolute atomic E-state index is 8.82. The van der Waals surface area contributed by atoms with Crippen molar-refractivity contribution >= 4 is 5.82 Å². The highest BCUT2D eigenvalue weighted by Gasteiger charge is 2.20. The zero-order chi connectivity index (χ0) is 13.7. The van der Waals surface area contributed by atoms with Gasteiger partial charge in [0.2, 0.25) is 0 Å². The van der Waals surface area contributed by atoms with Crippen LogP contribution in [-0.4, -0.2) is 22.6 Å². The molecule has 0 bridgehead atoms. The molecule has 1 aliphatic carbocycles. The number of aromatic nitrogens is 2. The minimum atomic E-state index is 0.357. The summed E-state index contributed by atoms with van der Waals surface area (Å²) in [5, 5.41) is 8.82. The van der Waals surface area contributed by atoms with E-state index in [-0.39, 0.29) is 0 Å². The number of hydrogen-bond acceptors (Lipinski definition) is 4.